The summed E-state index contributed by atoms with van der Waals surface area (Å²) in [5.41, 5.74) is 5.39. The zero-order valence-corrected chi connectivity index (χ0v) is 17.9. The molecule has 0 saturated carbocycles. The molecule has 2 aromatic heterocycles. The van der Waals surface area contributed by atoms with Crippen LogP contribution in [0, 0.1) is 5.92 Å². The molecule has 1 saturated heterocycles. The predicted molar refractivity (Wildman–Crippen MR) is 126 cm³/mol. The number of likely N-dealkylation sites (tertiary alicyclic amines) is 1. The zero-order chi connectivity index (χ0) is 21.1. The molecule has 5 heteroatoms. The fraction of sp³-hybridized carbons (Fsp3) is 0.280. The number of aromatic nitrogens is 2. The highest BCUT2D eigenvalue weighted by atomic mass is 15.2. The summed E-state index contributed by atoms with van der Waals surface area (Å²) < 4.78 is 0. The molecule has 0 spiro atoms. The molecule has 154 valence electrons. The van der Waals surface area contributed by atoms with Crippen LogP contribution in [0.1, 0.15) is 23.7 Å². The molecule has 1 aliphatic heterocycles. The van der Waals surface area contributed by atoms with Crippen molar-refractivity contribution in [2.75, 3.05) is 32.5 Å². The number of fused-ring (bicyclic) bond motifs is 1. The van der Waals surface area contributed by atoms with Gasteiger partial charge in [0.1, 0.15) is 5.82 Å². The number of hydrogen-bond acceptors (Lipinski definition) is 5. The topological polar surface area (TPSA) is 53.1 Å². The second kappa shape index (κ2) is 8.67. The number of anilines is 1. The largest absolute Gasteiger partial charge is 0.394 e. The van der Waals surface area contributed by atoms with E-state index in [-0.39, 0.29) is 0 Å². The molecule has 0 unspecified atom stereocenters. The summed E-state index contributed by atoms with van der Waals surface area (Å²) in [7, 11) is 4.07. The zero-order valence-electron chi connectivity index (χ0n) is 17.9. The third-order valence-electron chi connectivity index (χ3n) is 5.62. The molecule has 0 atom stereocenters. The number of nitrogens with zero attached hydrogens (tertiary/aromatic N) is 3. The maximum atomic E-state index is 4.56. The average Bonchev–Trinajstić information content (AvgIpc) is 2.72. The van der Waals surface area contributed by atoms with Crippen LogP contribution in [-0.2, 0) is 6.42 Å². The van der Waals surface area contributed by atoms with E-state index >= 15 is 0 Å². The molecule has 0 bridgehead atoms. The van der Waals surface area contributed by atoms with Crippen LogP contribution in [0.3, 0.4) is 0 Å². The van der Waals surface area contributed by atoms with E-state index in [2.05, 4.69) is 76.4 Å². The average molecular weight is 400 g/mol. The lowest BCUT2D eigenvalue weighted by atomic mass is 9.94. The summed E-state index contributed by atoms with van der Waals surface area (Å²) >= 11 is 0. The van der Waals surface area contributed by atoms with Gasteiger partial charge in [-0.05, 0) is 73.3 Å². The summed E-state index contributed by atoms with van der Waals surface area (Å²) in [5.74, 6) is 1.50. The van der Waals surface area contributed by atoms with Gasteiger partial charge in [0.25, 0.3) is 0 Å². The number of nitrogens with one attached hydrogen (secondary N) is 2. The van der Waals surface area contributed by atoms with E-state index in [4.69, 9.17) is 0 Å². The molecule has 0 aliphatic carbocycles. The Hall–Kier alpha value is -3.18. The summed E-state index contributed by atoms with van der Waals surface area (Å²) in [4.78, 5) is 11.4. The van der Waals surface area contributed by atoms with Crippen molar-refractivity contribution in [2.24, 2.45) is 5.92 Å². The van der Waals surface area contributed by atoms with E-state index in [1.54, 1.807) is 0 Å². The van der Waals surface area contributed by atoms with Crippen LogP contribution in [0.5, 0.6) is 0 Å². The molecule has 2 N–H and O–H groups in total. The van der Waals surface area contributed by atoms with Gasteiger partial charge in [0.2, 0.25) is 0 Å². The predicted octanol–water partition coefficient (Wildman–Crippen LogP) is 4.40. The lowest BCUT2D eigenvalue weighted by Crippen LogP contribution is -2.44. The molecule has 1 aliphatic rings. The molecular weight excluding hydrogens is 370 g/mol. The number of hydrogen-bond donors (Lipinski definition) is 2. The van der Waals surface area contributed by atoms with E-state index in [1.807, 2.05) is 31.7 Å². The maximum Gasteiger partial charge on any atom is 0.130 e. The van der Waals surface area contributed by atoms with Gasteiger partial charge < -0.3 is 15.5 Å². The first kappa shape index (κ1) is 20.1. The van der Waals surface area contributed by atoms with Crippen LogP contribution >= 0.6 is 0 Å². The number of pyridine rings is 2. The SMILES string of the molecule is C=C(Nc1cc2cc(/C(C)=C/NC)ccc2cn1)c1ccnc(CC2CN(C)C2)c1. The maximum absolute atomic E-state index is 4.56. The van der Waals surface area contributed by atoms with Crippen molar-refractivity contribution in [3.63, 3.8) is 0 Å². The highest BCUT2D eigenvalue weighted by Crippen LogP contribution is 2.24. The van der Waals surface area contributed by atoms with Crippen LogP contribution in [-0.4, -0.2) is 42.1 Å². The Morgan fingerprint density at radius 2 is 1.97 bits per heavy atom. The van der Waals surface area contributed by atoms with Gasteiger partial charge in [-0.1, -0.05) is 18.7 Å². The van der Waals surface area contributed by atoms with Crippen molar-refractivity contribution in [1.82, 2.24) is 20.2 Å². The minimum atomic E-state index is 0.704. The standard InChI is InChI=1S/C25H29N5/c1-17(13-26-3)20-5-6-22-14-28-25(12-23(22)10-20)29-18(2)21-7-8-27-24(11-21)9-19-15-30(4)16-19/h5-8,10-14,19,26H,2,9,15-16H2,1,3-4H3,(H,28,29)/b17-13+. The number of rotatable bonds is 7. The number of allylic oxidation sites excluding steroid dienone is 1. The van der Waals surface area contributed by atoms with Crippen molar-refractivity contribution in [1.29, 1.82) is 0 Å². The molecule has 3 aromatic rings. The lowest BCUT2D eigenvalue weighted by Gasteiger charge is -2.36. The second-order valence-electron chi connectivity index (χ2n) is 8.18. The molecule has 30 heavy (non-hydrogen) atoms. The molecule has 0 amide bonds. The Morgan fingerprint density at radius 3 is 2.73 bits per heavy atom. The quantitative estimate of drug-likeness (QED) is 0.617. The first-order valence-electron chi connectivity index (χ1n) is 10.4. The van der Waals surface area contributed by atoms with Gasteiger partial charge in [0.05, 0.1) is 0 Å². The monoisotopic (exact) mass is 399 g/mol. The highest BCUT2D eigenvalue weighted by molar-refractivity contribution is 5.88. The molecule has 1 aromatic carbocycles. The molecule has 5 nitrogen and oxygen atoms in total. The lowest BCUT2D eigenvalue weighted by molar-refractivity contribution is 0.134. The summed E-state index contributed by atoms with van der Waals surface area (Å²) in [6.07, 6.45) is 6.79. The Morgan fingerprint density at radius 1 is 1.13 bits per heavy atom. The van der Waals surface area contributed by atoms with Gasteiger partial charge in [-0.25, -0.2) is 4.98 Å². The molecule has 4 rings (SSSR count). The van der Waals surface area contributed by atoms with Gasteiger partial charge in [0.15, 0.2) is 0 Å². The van der Waals surface area contributed by atoms with E-state index in [1.165, 1.54) is 11.1 Å². The Balaban J connectivity index is 1.50. The van der Waals surface area contributed by atoms with Crippen LogP contribution < -0.4 is 10.6 Å². The second-order valence-corrected chi connectivity index (χ2v) is 8.18. The Bertz CT molecular complexity index is 1100. The van der Waals surface area contributed by atoms with Gasteiger partial charge in [-0.2, -0.15) is 0 Å². The van der Waals surface area contributed by atoms with Crippen molar-refractivity contribution < 1.29 is 0 Å². The molecule has 0 radical (unpaired) electrons. The van der Waals surface area contributed by atoms with Gasteiger partial charge in [0, 0.05) is 54.9 Å². The molecule has 3 heterocycles. The fourth-order valence-electron chi connectivity index (χ4n) is 4.01. The first-order chi connectivity index (χ1) is 14.5. The summed E-state index contributed by atoms with van der Waals surface area (Å²) in [5, 5.41) is 8.72. The van der Waals surface area contributed by atoms with Gasteiger partial charge >= 0.3 is 0 Å². The fourth-order valence-corrected chi connectivity index (χ4v) is 4.01. The van der Waals surface area contributed by atoms with Gasteiger partial charge in [-0.15, -0.1) is 0 Å². The Kier molecular flexibility index (Phi) is 5.81. The van der Waals surface area contributed by atoms with E-state index in [0.29, 0.717) is 5.92 Å². The van der Waals surface area contributed by atoms with Crippen molar-refractivity contribution in [2.45, 2.75) is 13.3 Å². The van der Waals surface area contributed by atoms with E-state index in [9.17, 15) is 0 Å². The smallest absolute Gasteiger partial charge is 0.130 e. The van der Waals surface area contributed by atoms with Crippen molar-refractivity contribution in [3.8, 4) is 0 Å². The normalized spacial score (nSPS) is 15.1. The van der Waals surface area contributed by atoms with Crippen LogP contribution in [0.4, 0.5) is 5.82 Å². The highest BCUT2D eigenvalue weighted by Gasteiger charge is 2.23. The minimum Gasteiger partial charge on any atom is -0.394 e. The minimum absolute atomic E-state index is 0.704. The molecular formula is C25H29N5. The van der Waals surface area contributed by atoms with Crippen LogP contribution in [0.15, 0.2) is 61.6 Å². The Labute approximate surface area is 178 Å². The third-order valence-corrected chi connectivity index (χ3v) is 5.62. The molecule has 1 fully saturated rings. The third kappa shape index (κ3) is 4.52. The summed E-state index contributed by atoms with van der Waals surface area (Å²) in [6.45, 7) is 8.63. The van der Waals surface area contributed by atoms with Crippen LogP contribution in [0.2, 0.25) is 0 Å². The van der Waals surface area contributed by atoms with E-state index < -0.39 is 0 Å². The van der Waals surface area contributed by atoms with Crippen LogP contribution in [0.25, 0.3) is 22.0 Å². The van der Waals surface area contributed by atoms with Gasteiger partial charge in [-0.3, -0.25) is 4.98 Å². The number of benzene rings is 1. The van der Waals surface area contributed by atoms with Crippen molar-refractivity contribution >= 4 is 27.9 Å². The first-order valence-corrected chi connectivity index (χ1v) is 10.4. The summed E-state index contributed by atoms with van der Waals surface area (Å²) in [6, 6.07) is 12.6. The van der Waals surface area contributed by atoms with E-state index in [0.717, 1.165) is 53.1 Å². The van der Waals surface area contributed by atoms with Crippen molar-refractivity contribution in [3.05, 3.63) is 78.4 Å².